The van der Waals surface area contributed by atoms with E-state index in [-0.39, 0.29) is 23.4 Å². The zero-order valence-corrected chi connectivity index (χ0v) is 11.5. The molecule has 2 rings (SSSR count). The molecule has 1 atom stereocenters. The van der Waals surface area contributed by atoms with E-state index in [1.807, 2.05) is 0 Å². The normalized spacial score (nSPS) is 18.1. The Morgan fingerprint density at radius 3 is 2.95 bits per heavy atom. The molecule has 0 spiro atoms. The van der Waals surface area contributed by atoms with Crippen molar-refractivity contribution in [3.63, 3.8) is 0 Å². The molecule has 0 bridgehead atoms. The number of anilines is 1. The van der Waals surface area contributed by atoms with E-state index in [0.29, 0.717) is 17.4 Å². The van der Waals surface area contributed by atoms with Gasteiger partial charge >= 0.3 is 6.61 Å². The number of hydrogen-bond donors (Lipinski definition) is 2. The molecular formula is C12H14F2N2O3S. The Hall–Kier alpha value is -1.54. The van der Waals surface area contributed by atoms with Gasteiger partial charge in [-0.2, -0.15) is 8.78 Å². The zero-order valence-electron chi connectivity index (χ0n) is 10.7. The standard InChI is InChI=1S/C12H14F2N2O3S/c1-18-7-2-3-10(19-12(13)14)8(4-7)16-11(17)9-5-20-6-15-9/h2-4,9,12,15H,5-6H2,1H3,(H,16,17). The molecule has 1 saturated heterocycles. The number of thioether (sulfide) groups is 1. The van der Waals surface area contributed by atoms with Crippen LogP contribution in [0, 0.1) is 0 Å². The smallest absolute Gasteiger partial charge is 0.387 e. The van der Waals surface area contributed by atoms with E-state index in [0.717, 1.165) is 0 Å². The van der Waals surface area contributed by atoms with Crippen LogP contribution in [-0.2, 0) is 4.79 Å². The highest BCUT2D eigenvalue weighted by molar-refractivity contribution is 7.99. The largest absolute Gasteiger partial charge is 0.497 e. The van der Waals surface area contributed by atoms with Gasteiger partial charge in [0, 0.05) is 17.7 Å². The Morgan fingerprint density at radius 2 is 2.35 bits per heavy atom. The summed E-state index contributed by atoms with van der Waals surface area (Å²) < 4.78 is 34.1. The van der Waals surface area contributed by atoms with Gasteiger partial charge in [0.1, 0.15) is 11.5 Å². The Kier molecular flexibility index (Phi) is 5.02. The molecule has 1 fully saturated rings. The number of methoxy groups -OCH3 is 1. The van der Waals surface area contributed by atoms with Crippen molar-refractivity contribution < 1.29 is 23.0 Å². The van der Waals surface area contributed by atoms with Gasteiger partial charge in [0.15, 0.2) is 0 Å². The van der Waals surface area contributed by atoms with Gasteiger partial charge in [-0.3, -0.25) is 10.1 Å². The fraction of sp³-hybridized carbons (Fsp3) is 0.417. The highest BCUT2D eigenvalue weighted by Gasteiger charge is 2.24. The molecule has 8 heteroatoms. The van der Waals surface area contributed by atoms with Crippen LogP contribution in [-0.4, -0.2) is 37.3 Å². The van der Waals surface area contributed by atoms with E-state index in [9.17, 15) is 13.6 Å². The molecule has 0 radical (unpaired) electrons. The second-order valence-electron chi connectivity index (χ2n) is 4.00. The van der Waals surface area contributed by atoms with E-state index < -0.39 is 6.61 Å². The molecule has 0 aliphatic carbocycles. The van der Waals surface area contributed by atoms with Gasteiger partial charge in [0.25, 0.3) is 0 Å². The average Bonchev–Trinajstić information content (AvgIpc) is 2.94. The lowest BCUT2D eigenvalue weighted by molar-refractivity contribution is -0.117. The topological polar surface area (TPSA) is 59.6 Å². The summed E-state index contributed by atoms with van der Waals surface area (Å²) in [6.45, 7) is -2.96. The SMILES string of the molecule is COc1ccc(OC(F)F)c(NC(=O)C2CSCN2)c1. The number of alkyl halides is 2. The third kappa shape index (κ3) is 3.73. The molecule has 1 aliphatic rings. The summed E-state index contributed by atoms with van der Waals surface area (Å²) in [6.07, 6.45) is 0. The van der Waals surface area contributed by atoms with Gasteiger partial charge in [-0.15, -0.1) is 11.8 Å². The molecule has 110 valence electrons. The lowest BCUT2D eigenvalue weighted by Gasteiger charge is -2.15. The Bertz CT molecular complexity index is 482. The molecule has 0 aromatic heterocycles. The molecular weight excluding hydrogens is 290 g/mol. The predicted molar refractivity (Wildman–Crippen MR) is 72.5 cm³/mol. The monoisotopic (exact) mass is 304 g/mol. The summed E-state index contributed by atoms with van der Waals surface area (Å²) in [4.78, 5) is 12.0. The molecule has 5 nitrogen and oxygen atoms in total. The van der Waals surface area contributed by atoms with Gasteiger partial charge in [-0.05, 0) is 12.1 Å². The van der Waals surface area contributed by atoms with Gasteiger partial charge in [-0.25, -0.2) is 0 Å². The van der Waals surface area contributed by atoms with Crippen LogP contribution in [0.15, 0.2) is 18.2 Å². The molecule has 2 N–H and O–H groups in total. The lowest BCUT2D eigenvalue weighted by atomic mass is 10.2. The summed E-state index contributed by atoms with van der Waals surface area (Å²) in [7, 11) is 1.45. The van der Waals surface area contributed by atoms with Crippen molar-refractivity contribution in [2.75, 3.05) is 24.1 Å². The van der Waals surface area contributed by atoms with E-state index in [1.54, 1.807) is 11.8 Å². The number of benzene rings is 1. The third-order valence-electron chi connectivity index (χ3n) is 2.69. The first kappa shape index (κ1) is 14.9. The third-order valence-corrected chi connectivity index (χ3v) is 3.63. The van der Waals surface area contributed by atoms with Crippen LogP contribution < -0.4 is 20.1 Å². The molecule has 1 amide bonds. The van der Waals surface area contributed by atoms with E-state index in [1.165, 1.54) is 25.3 Å². The maximum absolute atomic E-state index is 12.3. The van der Waals surface area contributed by atoms with Gasteiger partial charge in [0.05, 0.1) is 18.8 Å². The van der Waals surface area contributed by atoms with Crippen LogP contribution in [0.4, 0.5) is 14.5 Å². The number of carbonyl (C=O) groups excluding carboxylic acids is 1. The van der Waals surface area contributed by atoms with Crippen molar-refractivity contribution in [1.82, 2.24) is 5.32 Å². The van der Waals surface area contributed by atoms with Gasteiger partial charge in [0.2, 0.25) is 5.91 Å². The van der Waals surface area contributed by atoms with Crippen molar-refractivity contribution in [2.24, 2.45) is 0 Å². The first-order valence-corrected chi connectivity index (χ1v) is 7.00. The first-order valence-electron chi connectivity index (χ1n) is 5.85. The highest BCUT2D eigenvalue weighted by atomic mass is 32.2. The number of amides is 1. The molecule has 1 heterocycles. The zero-order chi connectivity index (χ0) is 14.5. The minimum Gasteiger partial charge on any atom is -0.497 e. The van der Waals surface area contributed by atoms with E-state index in [2.05, 4.69) is 15.4 Å². The number of carbonyl (C=O) groups is 1. The summed E-state index contributed by atoms with van der Waals surface area (Å²) in [5.74, 6) is 1.38. The van der Waals surface area contributed by atoms with Crippen molar-refractivity contribution in [3.8, 4) is 11.5 Å². The van der Waals surface area contributed by atoms with Crippen molar-refractivity contribution in [3.05, 3.63) is 18.2 Å². The average molecular weight is 304 g/mol. The van der Waals surface area contributed by atoms with Crippen LogP contribution in [0.3, 0.4) is 0 Å². The number of rotatable bonds is 5. The number of hydrogen-bond acceptors (Lipinski definition) is 5. The van der Waals surface area contributed by atoms with Crippen molar-refractivity contribution >= 4 is 23.4 Å². The van der Waals surface area contributed by atoms with Gasteiger partial charge < -0.3 is 14.8 Å². The first-order chi connectivity index (χ1) is 9.60. The van der Waals surface area contributed by atoms with E-state index >= 15 is 0 Å². The quantitative estimate of drug-likeness (QED) is 0.870. The Labute approximate surface area is 119 Å². The summed E-state index contributed by atoms with van der Waals surface area (Å²) in [5.41, 5.74) is 0.161. The minimum atomic E-state index is -2.96. The van der Waals surface area contributed by atoms with Crippen LogP contribution in [0.25, 0.3) is 0 Å². The number of halogens is 2. The van der Waals surface area contributed by atoms with Crippen LogP contribution >= 0.6 is 11.8 Å². The van der Waals surface area contributed by atoms with Crippen molar-refractivity contribution in [2.45, 2.75) is 12.7 Å². The number of nitrogens with one attached hydrogen (secondary N) is 2. The maximum Gasteiger partial charge on any atom is 0.387 e. The molecule has 1 unspecified atom stereocenters. The minimum absolute atomic E-state index is 0.0974. The predicted octanol–water partition coefficient (Wildman–Crippen LogP) is 1.90. The van der Waals surface area contributed by atoms with Crippen LogP contribution in [0.5, 0.6) is 11.5 Å². The second-order valence-corrected chi connectivity index (χ2v) is 5.03. The fourth-order valence-corrected chi connectivity index (χ4v) is 2.66. The summed E-state index contributed by atoms with van der Waals surface area (Å²) in [5, 5.41) is 5.58. The van der Waals surface area contributed by atoms with Crippen LogP contribution in [0.2, 0.25) is 0 Å². The molecule has 1 aromatic rings. The van der Waals surface area contributed by atoms with Crippen molar-refractivity contribution in [1.29, 1.82) is 0 Å². The van der Waals surface area contributed by atoms with E-state index in [4.69, 9.17) is 4.74 Å². The van der Waals surface area contributed by atoms with Crippen LogP contribution in [0.1, 0.15) is 0 Å². The molecule has 1 aromatic carbocycles. The lowest BCUT2D eigenvalue weighted by Crippen LogP contribution is -2.37. The molecule has 20 heavy (non-hydrogen) atoms. The Morgan fingerprint density at radius 1 is 1.55 bits per heavy atom. The molecule has 1 aliphatic heterocycles. The summed E-state index contributed by atoms with van der Waals surface area (Å²) >= 11 is 1.60. The number of ether oxygens (including phenoxy) is 2. The van der Waals surface area contributed by atoms with Gasteiger partial charge in [-0.1, -0.05) is 0 Å². The highest BCUT2D eigenvalue weighted by Crippen LogP contribution is 2.30. The Balaban J connectivity index is 2.16. The fourth-order valence-electron chi connectivity index (χ4n) is 1.72. The summed E-state index contributed by atoms with van der Waals surface area (Å²) in [6, 6.07) is 3.91. The molecule has 0 saturated carbocycles. The maximum atomic E-state index is 12.3. The second kappa shape index (κ2) is 6.76.